The Morgan fingerprint density at radius 2 is 2.10 bits per heavy atom. The van der Waals surface area contributed by atoms with Crippen LogP contribution in [0.1, 0.15) is 18.2 Å². The van der Waals surface area contributed by atoms with E-state index in [4.69, 9.17) is 10.00 Å². The number of aryl methyl sites for hydroxylation is 1. The van der Waals surface area contributed by atoms with E-state index < -0.39 is 11.4 Å². The zero-order valence-electron chi connectivity index (χ0n) is 11.2. The summed E-state index contributed by atoms with van der Waals surface area (Å²) in [7, 11) is 0. The van der Waals surface area contributed by atoms with Crippen LogP contribution in [0.25, 0.3) is 11.1 Å². The van der Waals surface area contributed by atoms with Crippen LogP contribution in [0.3, 0.4) is 0 Å². The van der Waals surface area contributed by atoms with E-state index in [0.29, 0.717) is 29.2 Å². The van der Waals surface area contributed by atoms with Gasteiger partial charge in [0.25, 0.3) is 5.56 Å². The van der Waals surface area contributed by atoms with Crippen LogP contribution < -0.4 is 10.3 Å². The highest BCUT2D eigenvalue weighted by molar-refractivity contribution is 5.71. The summed E-state index contributed by atoms with van der Waals surface area (Å²) < 4.78 is 18.9. The fourth-order valence-electron chi connectivity index (χ4n) is 2.00. The second-order valence-electron chi connectivity index (χ2n) is 4.29. The largest absolute Gasteiger partial charge is 0.494 e. The Morgan fingerprint density at radius 1 is 1.35 bits per heavy atom. The van der Waals surface area contributed by atoms with E-state index in [1.54, 1.807) is 26.0 Å². The lowest BCUT2D eigenvalue weighted by molar-refractivity contribution is 0.338. The highest BCUT2D eigenvalue weighted by Gasteiger charge is 2.12. The number of ether oxygens (including phenoxy) is 1. The predicted molar refractivity (Wildman–Crippen MR) is 73.1 cm³/mol. The molecule has 0 saturated carbocycles. The molecule has 0 aliphatic carbocycles. The maximum Gasteiger partial charge on any atom is 0.266 e. The number of aromatic nitrogens is 1. The minimum absolute atomic E-state index is 0.0383. The number of pyridine rings is 1. The van der Waals surface area contributed by atoms with Gasteiger partial charge in [0, 0.05) is 17.3 Å². The first-order chi connectivity index (χ1) is 9.55. The molecule has 1 aromatic carbocycles. The molecule has 0 aliphatic heterocycles. The van der Waals surface area contributed by atoms with Gasteiger partial charge in [-0.3, -0.25) is 4.79 Å². The molecule has 0 atom stereocenters. The molecule has 1 heterocycles. The van der Waals surface area contributed by atoms with Crippen LogP contribution >= 0.6 is 0 Å². The standard InChI is InChI=1S/C15H13FN2O2/c1-3-20-12-6-10(5-11(16)7-12)13-4-9(2)18-15(19)14(13)8-17/h4-7H,3H2,1-2H3,(H,18,19). The number of nitriles is 1. The van der Waals surface area contributed by atoms with Crippen LogP contribution in [0.5, 0.6) is 5.75 Å². The molecule has 102 valence electrons. The summed E-state index contributed by atoms with van der Waals surface area (Å²) in [6, 6.07) is 7.65. The van der Waals surface area contributed by atoms with Gasteiger partial charge in [-0.15, -0.1) is 0 Å². The van der Waals surface area contributed by atoms with E-state index in [0.717, 1.165) is 0 Å². The molecule has 0 amide bonds. The first-order valence-corrected chi connectivity index (χ1v) is 6.13. The molecular formula is C15H13FN2O2. The van der Waals surface area contributed by atoms with Crippen molar-refractivity contribution in [2.45, 2.75) is 13.8 Å². The SMILES string of the molecule is CCOc1cc(F)cc(-c2cc(C)[nH]c(=O)c2C#N)c1. The third-order valence-corrected chi connectivity index (χ3v) is 2.77. The number of rotatable bonds is 3. The smallest absolute Gasteiger partial charge is 0.266 e. The van der Waals surface area contributed by atoms with E-state index in [1.165, 1.54) is 12.1 Å². The van der Waals surface area contributed by atoms with Crippen molar-refractivity contribution in [2.75, 3.05) is 6.61 Å². The third kappa shape index (κ3) is 2.69. The minimum Gasteiger partial charge on any atom is -0.494 e. The number of hydrogen-bond donors (Lipinski definition) is 1. The lowest BCUT2D eigenvalue weighted by Gasteiger charge is -2.09. The molecule has 0 bridgehead atoms. The molecule has 4 nitrogen and oxygen atoms in total. The Hall–Kier alpha value is -2.61. The average Bonchev–Trinajstić information content (AvgIpc) is 2.37. The van der Waals surface area contributed by atoms with Gasteiger partial charge in [-0.05, 0) is 37.6 Å². The van der Waals surface area contributed by atoms with Crippen molar-refractivity contribution in [3.05, 3.63) is 51.7 Å². The summed E-state index contributed by atoms with van der Waals surface area (Å²) in [5.41, 5.74) is 0.924. The topological polar surface area (TPSA) is 65.9 Å². The Morgan fingerprint density at radius 3 is 2.75 bits per heavy atom. The van der Waals surface area contributed by atoms with Crippen molar-refractivity contribution < 1.29 is 9.13 Å². The van der Waals surface area contributed by atoms with Gasteiger partial charge in [0.15, 0.2) is 0 Å². The Balaban J connectivity index is 2.68. The number of hydrogen-bond acceptors (Lipinski definition) is 3. The first-order valence-electron chi connectivity index (χ1n) is 6.13. The Kier molecular flexibility index (Phi) is 3.85. The molecule has 0 radical (unpaired) electrons. The fourth-order valence-corrected chi connectivity index (χ4v) is 2.00. The molecule has 1 N–H and O–H groups in total. The Bertz CT molecular complexity index is 745. The number of halogens is 1. The number of nitrogens with zero attached hydrogens (tertiary/aromatic N) is 1. The monoisotopic (exact) mass is 272 g/mol. The van der Waals surface area contributed by atoms with E-state index in [9.17, 15) is 9.18 Å². The normalized spacial score (nSPS) is 10.1. The van der Waals surface area contributed by atoms with Crippen LogP contribution in [-0.4, -0.2) is 11.6 Å². The van der Waals surface area contributed by atoms with E-state index in [2.05, 4.69) is 4.98 Å². The molecule has 0 spiro atoms. The minimum atomic E-state index is -0.482. The predicted octanol–water partition coefficient (Wildman–Crippen LogP) is 2.76. The van der Waals surface area contributed by atoms with Gasteiger partial charge in [-0.25, -0.2) is 4.39 Å². The van der Waals surface area contributed by atoms with Crippen molar-refractivity contribution in [2.24, 2.45) is 0 Å². The molecular weight excluding hydrogens is 259 g/mol. The second-order valence-corrected chi connectivity index (χ2v) is 4.29. The lowest BCUT2D eigenvalue weighted by atomic mass is 10.0. The third-order valence-electron chi connectivity index (χ3n) is 2.77. The van der Waals surface area contributed by atoms with Crippen LogP contribution in [-0.2, 0) is 0 Å². The molecule has 0 aliphatic rings. The van der Waals surface area contributed by atoms with Crippen molar-refractivity contribution in [1.82, 2.24) is 4.98 Å². The molecule has 2 aromatic rings. The van der Waals surface area contributed by atoms with Crippen LogP contribution in [0, 0.1) is 24.1 Å². The molecule has 5 heteroatoms. The summed E-state index contributed by atoms with van der Waals surface area (Å²) >= 11 is 0. The second kappa shape index (κ2) is 5.57. The highest BCUT2D eigenvalue weighted by Crippen LogP contribution is 2.27. The summed E-state index contributed by atoms with van der Waals surface area (Å²) in [4.78, 5) is 14.3. The zero-order valence-corrected chi connectivity index (χ0v) is 11.2. The van der Waals surface area contributed by atoms with Crippen molar-refractivity contribution in [1.29, 1.82) is 5.26 Å². The molecule has 0 unspecified atom stereocenters. The van der Waals surface area contributed by atoms with Gasteiger partial charge in [0.1, 0.15) is 23.2 Å². The number of nitrogens with one attached hydrogen (secondary N) is 1. The summed E-state index contributed by atoms with van der Waals surface area (Å²) in [6.07, 6.45) is 0. The first kappa shape index (κ1) is 13.8. The summed E-state index contributed by atoms with van der Waals surface area (Å²) in [6.45, 7) is 3.90. The van der Waals surface area contributed by atoms with Crippen molar-refractivity contribution >= 4 is 0 Å². The molecule has 1 aromatic heterocycles. The Labute approximate surface area is 115 Å². The van der Waals surface area contributed by atoms with Gasteiger partial charge >= 0.3 is 0 Å². The molecule has 2 rings (SSSR count). The van der Waals surface area contributed by atoms with Gasteiger partial charge in [0.2, 0.25) is 0 Å². The average molecular weight is 272 g/mol. The van der Waals surface area contributed by atoms with Crippen LogP contribution in [0.4, 0.5) is 4.39 Å². The lowest BCUT2D eigenvalue weighted by Crippen LogP contribution is -2.12. The molecule has 0 saturated heterocycles. The van der Waals surface area contributed by atoms with Crippen LogP contribution in [0.2, 0.25) is 0 Å². The quantitative estimate of drug-likeness (QED) is 0.934. The number of benzene rings is 1. The van der Waals surface area contributed by atoms with E-state index >= 15 is 0 Å². The van der Waals surface area contributed by atoms with Crippen LogP contribution in [0.15, 0.2) is 29.1 Å². The summed E-state index contributed by atoms with van der Waals surface area (Å²) in [5.74, 6) is -0.114. The maximum atomic E-state index is 13.6. The number of aromatic amines is 1. The maximum absolute atomic E-state index is 13.6. The van der Waals surface area contributed by atoms with Gasteiger partial charge < -0.3 is 9.72 Å². The van der Waals surface area contributed by atoms with Crippen molar-refractivity contribution in [3.63, 3.8) is 0 Å². The number of H-pyrrole nitrogens is 1. The zero-order chi connectivity index (χ0) is 14.7. The van der Waals surface area contributed by atoms with Gasteiger partial charge in [-0.1, -0.05) is 0 Å². The highest BCUT2D eigenvalue weighted by atomic mass is 19.1. The molecule has 20 heavy (non-hydrogen) atoms. The van der Waals surface area contributed by atoms with Gasteiger partial charge in [-0.2, -0.15) is 5.26 Å². The molecule has 0 fully saturated rings. The fraction of sp³-hybridized carbons (Fsp3) is 0.200. The van der Waals surface area contributed by atoms with Gasteiger partial charge in [0.05, 0.1) is 6.61 Å². The van der Waals surface area contributed by atoms with E-state index in [1.807, 2.05) is 6.07 Å². The van der Waals surface area contributed by atoms with Crippen molar-refractivity contribution in [3.8, 4) is 22.9 Å². The summed E-state index contributed by atoms with van der Waals surface area (Å²) in [5, 5.41) is 9.10. The van der Waals surface area contributed by atoms with E-state index in [-0.39, 0.29) is 5.56 Å².